The Morgan fingerprint density at radius 2 is 1.46 bits per heavy atom. The maximum atomic E-state index is 13.8. The summed E-state index contributed by atoms with van der Waals surface area (Å²) in [5, 5.41) is 0. The number of hydrogen-bond acceptors (Lipinski definition) is 1. The van der Waals surface area contributed by atoms with Gasteiger partial charge in [-0.1, -0.05) is 38.5 Å². The van der Waals surface area contributed by atoms with Crippen LogP contribution in [0.25, 0.3) is 0 Å². The van der Waals surface area contributed by atoms with Crippen LogP contribution in [0, 0.1) is 5.82 Å². The summed E-state index contributed by atoms with van der Waals surface area (Å²) in [6.07, 6.45) is 4.51. The topological polar surface area (TPSA) is 18.0 Å². The highest BCUT2D eigenvalue weighted by molar-refractivity contribution is 5.33. The van der Waals surface area contributed by atoms with Crippen LogP contribution in [0.3, 0.4) is 0 Å². The lowest BCUT2D eigenvalue weighted by atomic mass is 10.0. The Morgan fingerprint density at radius 1 is 0.872 bits per heavy atom. The van der Waals surface area contributed by atoms with Crippen LogP contribution < -0.4 is 9.30 Å². The third-order valence-corrected chi connectivity index (χ3v) is 7.25. The number of halogens is 8. The van der Waals surface area contributed by atoms with Gasteiger partial charge in [-0.15, -0.1) is 0 Å². The molecule has 0 saturated heterocycles. The van der Waals surface area contributed by atoms with Crippen molar-refractivity contribution in [2.24, 2.45) is 0 Å². The van der Waals surface area contributed by atoms with Crippen molar-refractivity contribution >= 4 is 0 Å². The van der Waals surface area contributed by atoms with Crippen LogP contribution in [0.15, 0.2) is 30.6 Å². The molecule has 3 rings (SSSR count). The SMILES string of the molecule is COc1ccc(F)cc1C[n+]1ccn(CCCCCCCCCCCC(F)(F)C(F)(F)C(F)(F)F)c1C1CC1. The van der Waals surface area contributed by atoms with Crippen molar-refractivity contribution in [1.29, 1.82) is 0 Å². The second kappa shape index (κ2) is 13.4. The molecule has 1 heterocycles. The number of rotatable bonds is 17. The lowest BCUT2D eigenvalue weighted by Crippen LogP contribution is -2.51. The minimum atomic E-state index is -6.25. The summed E-state index contributed by atoms with van der Waals surface area (Å²) in [5.41, 5.74) is 0.787. The van der Waals surface area contributed by atoms with Gasteiger partial charge in [0.25, 0.3) is 5.82 Å². The summed E-state index contributed by atoms with van der Waals surface area (Å²) < 4.78 is 112. The molecule has 0 radical (unpaired) electrons. The Hall–Kier alpha value is -2.33. The summed E-state index contributed by atoms with van der Waals surface area (Å²) >= 11 is 0. The Labute approximate surface area is 224 Å². The molecule has 0 atom stereocenters. The number of hydrogen-bond donors (Lipinski definition) is 0. The van der Waals surface area contributed by atoms with E-state index in [9.17, 15) is 35.1 Å². The Kier molecular flexibility index (Phi) is 10.7. The summed E-state index contributed by atoms with van der Waals surface area (Å²) in [7, 11) is 1.57. The molecule has 2 aromatic rings. The normalized spacial score (nSPS) is 14.7. The molecule has 0 aliphatic heterocycles. The highest BCUT2D eigenvalue weighted by atomic mass is 19.4. The van der Waals surface area contributed by atoms with Crippen LogP contribution in [-0.4, -0.2) is 29.7 Å². The van der Waals surface area contributed by atoms with Crippen molar-refractivity contribution in [2.45, 2.75) is 114 Å². The van der Waals surface area contributed by atoms with E-state index in [2.05, 4.69) is 15.3 Å². The second-order valence-electron chi connectivity index (χ2n) is 10.4. The molecule has 220 valence electrons. The van der Waals surface area contributed by atoms with Crippen LogP contribution in [0.4, 0.5) is 35.1 Å². The van der Waals surface area contributed by atoms with Crippen molar-refractivity contribution in [3.05, 3.63) is 47.8 Å². The summed E-state index contributed by atoms with van der Waals surface area (Å²) in [6.45, 7) is 1.40. The molecular formula is C28H37F8N2O+. The van der Waals surface area contributed by atoms with E-state index in [1.54, 1.807) is 13.2 Å². The summed E-state index contributed by atoms with van der Waals surface area (Å²) in [5.74, 6) is -9.00. The number of alkyl halides is 7. The number of aryl methyl sites for hydroxylation is 1. The number of ether oxygens (including phenoxy) is 1. The average Bonchev–Trinajstić information content (AvgIpc) is 3.62. The fourth-order valence-electron chi connectivity index (χ4n) is 4.90. The van der Waals surface area contributed by atoms with Crippen molar-refractivity contribution in [3.8, 4) is 5.75 Å². The lowest BCUT2D eigenvalue weighted by Gasteiger charge is -2.28. The molecule has 1 aliphatic rings. The highest BCUT2D eigenvalue weighted by Gasteiger charge is 2.72. The zero-order chi connectivity index (χ0) is 28.7. The van der Waals surface area contributed by atoms with Gasteiger partial charge in [0.2, 0.25) is 0 Å². The minimum Gasteiger partial charge on any atom is -0.496 e. The van der Waals surface area contributed by atoms with Gasteiger partial charge in [0.05, 0.1) is 19.6 Å². The van der Waals surface area contributed by atoms with Gasteiger partial charge in [0, 0.05) is 12.0 Å². The van der Waals surface area contributed by atoms with E-state index in [4.69, 9.17) is 4.74 Å². The molecule has 3 nitrogen and oxygen atoms in total. The van der Waals surface area contributed by atoms with E-state index in [1.165, 1.54) is 18.0 Å². The molecule has 0 N–H and O–H groups in total. The molecule has 0 spiro atoms. The van der Waals surface area contributed by atoms with Crippen LogP contribution in [-0.2, 0) is 13.1 Å². The second-order valence-corrected chi connectivity index (χ2v) is 10.4. The van der Waals surface area contributed by atoms with E-state index in [0.717, 1.165) is 63.5 Å². The van der Waals surface area contributed by atoms with Crippen LogP contribution in [0.2, 0.25) is 0 Å². The van der Waals surface area contributed by atoms with Gasteiger partial charge >= 0.3 is 18.0 Å². The molecule has 1 aromatic carbocycles. The first-order valence-corrected chi connectivity index (χ1v) is 13.6. The van der Waals surface area contributed by atoms with Crippen molar-refractivity contribution < 1.29 is 44.4 Å². The number of nitrogens with zero attached hydrogens (tertiary/aromatic N) is 2. The zero-order valence-electron chi connectivity index (χ0n) is 22.2. The molecule has 1 fully saturated rings. The molecule has 11 heteroatoms. The predicted octanol–water partition coefficient (Wildman–Crippen LogP) is 8.58. The fraction of sp³-hybridized carbons (Fsp3) is 0.679. The molecule has 0 amide bonds. The number of methoxy groups -OCH3 is 1. The average molecular weight is 570 g/mol. The van der Waals surface area contributed by atoms with Gasteiger partial charge in [0.1, 0.15) is 30.5 Å². The molecule has 0 bridgehead atoms. The number of imidazole rings is 1. The van der Waals surface area contributed by atoms with Crippen molar-refractivity contribution in [3.63, 3.8) is 0 Å². The largest absolute Gasteiger partial charge is 0.496 e. The maximum Gasteiger partial charge on any atom is 0.459 e. The number of aromatic nitrogens is 2. The number of benzene rings is 1. The first-order valence-electron chi connectivity index (χ1n) is 13.6. The summed E-state index contributed by atoms with van der Waals surface area (Å²) in [6, 6.07) is 4.52. The molecule has 1 aromatic heterocycles. The Bertz CT molecular complexity index is 1050. The quantitative estimate of drug-likeness (QED) is 0.106. The Morgan fingerprint density at radius 3 is 2.03 bits per heavy atom. The smallest absolute Gasteiger partial charge is 0.459 e. The van der Waals surface area contributed by atoms with Gasteiger partial charge in [0.15, 0.2) is 0 Å². The van der Waals surface area contributed by atoms with Crippen LogP contribution in [0.1, 0.15) is 94.4 Å². The third kappa shape index (κ3) is 8.33. The van der Waals surface area contributed by atoms with Crippen molar-refractivity contribution in [1.82, 2.24) is 4.57 Å². The van der Waals surface area contributed by atoms with E-state index in [-0.39, 0.29) is 18.7 Å². The van der Waals surface area contributed by atoms with Crippen LogP contribution in [0.5, 0.6) is 5.75 Å². The molecule has 0 unspecified atom stereocenters. The van der Waals surface area contributed by atoms with E-state index in [0.29, 0.717) is 24.6 Å². The van der Waals surface area contributed by atoms with E-state index in [1.807, 2.05) is 6.20 Å². The standard InChI is InChI=1S/C28H37F8N2O/c1-39-24-14-13-23(29)19-22(24)20-38-18-17-37(25(38)21-11-12-21)16-10-8-6-4-2-3-5-7-9-15-26(30,31)27(32,33)28(34,35)36/h13-14,17-19,21H,2-12,15-16,20H2,1H3/q+1. The molecule has 1 aliphatic carbocycles. The zero-order valence-corrected chi connectivity index (χ0v) is 22.2. The highest BCUT2D eigenvalue weighted by Crippen LogP contribution is 2.48. The lowest BCUT2D eigenvalue weighted by molar-refractivity contribution is -0.695. The Balaban J connectivity index is 1.32. The van der Waals surface area contributed by atoms with Gasteiger partial charge in [-0.3, -0.25) is 0 Å². The molecule has 1 saturated carbocycles. The molecular weight excluding hydrogens is 532 g/mol. The van der Waals surface area contributed by atoms with Gasteiger partial charge in [-0.25, -0.2) is 13.5 Å². The monoisotopic (exact) mass is 569 g/mol. The summed E-state index contributed by atoms with van der Waals surface area (Å²) in [4.78, 5) is 0. The van der Waals surface area contributed by atoms with Gasteiger partial charge < -0.3 is 4.74 Å². The third-order valence-electron chi connectivity index (χ3n) is 7.25. The first kappa shape index (κ1) is 31.2. The van der Waals surface area contributed by atoms with Crippen molar-refractivity contribution in [2.75, 3.05) is 7.11 Å². The van der Waals surface area contributed by atoms with E-state index < -0.39 is 24.4 Å². The van der Waals surface area contributed by atoms with E-state index >= 15 is 0 Å². The predicted molar refractivity (Wildman–Crippen MR) is 131 cm³/mol. The molecule has 39 heavy (non-hydrogen) atoms. The maximum absolute atomic E-state index is 13.8. The number of unbranched alkanes of at least 4 members (excludes halogenated alkanes) is 8. The van der Waals surface area contributed by atoms with Gasteiger partial charge in [-0.05, 0) is 50.3 Å². The van der Waals surface area contributed by atoms with Gasteiger partial charge in [-0.2, -0.15) is 30.7 Å². The first-order chi connectivity index (χ1) is 18.4. The van der Waals surface area contributed by atoms with Crippen LogP contribution >= 0.6 is 0 Å². The minimum absolute atomic E-state index is 0.197. The fourth-order valence-corrected chi connectivity index (χ4v) is 4.90.